The molecule has 4 heteroatoms. The van der Waals surface area contributed by atoms with E-state index in [1.165, 1.54) is 0 Å². The van der Waals surface area contributed by atoms with Gasteiger partial charge in [0.25, 0.3) is 8.32 Å². The molecule has 0 aliphatic rings. The van der Waals surface area contributed by atoms with E-state index in [4.69, 9.17) is 21.8 Å². The van der Waals surface area contributed by atoms with Crippen LogP contribution in [-0.2, 0) is 0 Å². The van der Waals surface area contributed by atoms with E-state index in [0.29, 0.717) is 16.5 Å². The molecule has 0 radical (unpaired) electrons. The molecule has 0 unspecified atom stereocenters. The number of hydrogen-bond donors (Lipinski definition) is 1. The zero-order valence-corrected chi connectivity index (χ0v) is 12.4. The molecule has 0 atom stereocenters. The lowest BCUT2D eigenvalue weighted by Crippen LogP contribution is -2.43. The van der Waals surface area contributed by atoms with Gasteiger partial charge in [-0.2, -0.15) is 0 Å². The Labute approximate surface area is 104 Å². The number of anilines is 1. The lowest BCUT2D eigenvalue weighted by Gasteiger charge is -2.36. The molecular formula is C12H20ClNOSi. The van der Waals surface area contributed by atoms with Gasteiger partial charge in [0.05, 0.1) is 5.69 Å². The Kier molecular flexibility index (Phi) is 3.60. The smallest absolute Gasteiger partial charge is 0.250 e. The topological polar surface area (TPSA) is 35.2 Å². The van der Waals surface area contributed by atoms with Crippen molar-refractivity contribution in [2.24, 2.45) is 0 Å². The molecule has 0 aliphatic heterocycles. The Hall–Kier alpha value is -0.673. The van der Waals surface area contributed by atoms with Gasteiger partial charge in [0.1, 0.15) is 10.8 Å². The highest BCUT2D eigenvalue weighted by Gasteiger charge is 2.39. The quantitative estimate of drug-likeness (QED) is 0.633. The average molecular weight is 258 g/mol. The maximum atomic E-state index is 6.12. The summed E-state index contributed by atoms with van der Waals surface area (Å²) < 4.78 is 6.10. The van der Waals surface area contributed by atoms with E-state index in [1.807, 2.05) is 12.1 Å². The molecule has 2 nitrogen and oxygen atoms in total. The molecule has 0 fully saturated rings. The number of halogens is 1. The molecule has 0 saturated heterocycles. The van der Waals surface area contributed by atoms with E-state index < -0.39 is 8.32 Å². The second kappa shape index (κ2) is 4.30. The first kappa shape index (κ1) is 13.4. The third-order valence-corrected chi connectivity index (χ3v) is 7.91. The van der Waals surface area contributed by atoms with Gasteiger partial charge in [0.15, 0.2) is 0 Å². The summed E-state index contributed by atoms with van der Waals surface area (Å²) in [5.41, 5.74) is 6.32. The summed E-state index contributed by atoms with van der Waals surface area (Å²) in [6.45, 7) is 11.0. The Bertz CT molecular complexity index is 385. The van der Waals surface area contributed by atoms with Crippen LogP contribution in [-0.4, -0.2) is 8.32 Å². The van der Waals surface area contributed by atoms with Crippen LogP contribution in [0.3, 0.4) is 0 Å². The van der Waals surface area contributed by atoms with E-state index in [1.54, 1.807) is 6.07 Å². The third-order valence-electron chi connectivity index (χ3n) is 3.16. The van der Waals surface area contributed by atoms with Crippen molar-refractivity contribution in [3.63, 3.8) is 0 Å². The molecule has 1 rings (SSSR count). The van der Waals surface area contributed by atoms with Crippen LogP contribution in [0.5, 0.6) is 5.75 Å². The predicted molar refractivity (Wildman–Crippen MR) is 73.7 cm³/mol. The van der Waals surface area contributed by atoms with Gasteiger partial charge in [0.2, 0.25) is 0 Å². The van der Waals surface area contributed by atoms with Crippen molar-refractivity contribution < 1.29 is 4.43 Å². The van der Waals surface area contributed by atoms with Crippen molar-refractivity contribution in [2.45, 2.75) is 38.9 Å². The lowest BCUT2D eigenvalue weighted by atomic mass is 10.2. The fourth-order valence-corrected chi connectivity index (χ4v) is 2.29. The third kappa shape index (κ3) is 2.71. The molecule has 1 aromatic carbocycles. The Morgan fingerprint density at radius 1 is 1.25 bits per heavy atom. The summed E-state index contributed by atoms with van der Waals surface area (Å²) in [5, 5.41) is 0.674. The molecule has 16 heavy (non-hydrogen) atoms. The van der Waals surface area contributed by atoms with Crippen LogP contribution in [0.4, 0.5) is 5.69 Å². The summed E-state index contributed by atoms with van der Waals surface area (Å²) in [4.78, 5) is 0. The zero-order chi connectivity index (χ0) is 12.6. The largest absolute Gasteiger partial charge is 0.542 e. The number of nitrogens with two attached hydrogens (primary N) is 1. The fourth-order valence-electron chi connectivity index (χ4n) is 1.03. The number of hydrogen-bond acceptors (Lipinski definition) is 2. The summed E-state index contributed by atoms with van der Waals surface area (Å²) >= 11 is 6.12. The van der Waals surface area contributed by atoms with Crippen LogP contribution >= 0.6 is 11.6 Å². The molecule has 0 bridgehead atoms. The van der Waals surface area contributed by atoms with Crippen molar-refractivity contribution >= 4 is 25.6 Å². The van der Waals surface area contributed by atoms with Crippen molar-refractivity contribution in [3.8, 4) is 5.75 Å². The average Bonchev–Trinajstić information content (AvgIpc) is 2.11. The normalized spacial score (nSPS) is 12.6. The second-order valence-corrected chi connectivity index (χ2v) is 10.6. The van der Waals surface area contributed by atoms with E-state index >= 15 is 0 Å². The Morgan fingerprint density at radius 2 is 1.81 bits per heavy atom. The molecule has 0 spiro atoms. The lowest BCUT2D eigenvalue weighted by molar-refractivity contribution is 0.492. The maximum absolute atomic E-state index is 6.12. The van der Waals surface area contributed by atoms with Crippen molar-refractivity contribution in [1.82, 2.24) is 0 Å². The minimum atomic E-state index is -1.84. The molecule has 1 aromatic rings. The number of benzene rings is 1. The fraction of sp³-hybridized carbons (Fsp3) is 0.500. The molecule has 2 N–H and O–H groups in total. The van der Waals surface area contributed by atoms with Crippen LogP contribution < -0.4 is 10.2 Å². The number of nitrogen functional groups attached to an aromatic ring is 1. The molecular weight excluding hydrogens is 238 g/mol. The van der Waals surface area contributed by atoms with Gasteiger partial charge < -0.3 is 10.2 Å². The van der Waals surface area contributed by atoms with Crippen LogP contribution in [0.25, 0.3) is 0 Å². The van der Waals surface area contributed by atoms with Crippen LogP contribution in [0.15, 0.2) is 18.2 Å². The van der Waals surface area contributed by atoms with Gasteiger partial charge in [-0.1, -0.05) is 38.4 Å². The van der Waals surface area contributed by atoms with Gasteiger partial charge >= 0.3 is 0 Å². The van der Waals surface area contributed by atoms with Crippen LogP contribution in [0, 0.1) is 0 Å². The highest BCUT2D eigenvalue weighted by molar-refractivity contribution is 6.74. The van der Waals surface area contributed by atoms with E-state index in [9.17, 15) is 0 Å². The first-order valence-corrected chi connectivity index (χ1v) is 8.67. The van der Waals surface area contributed by atoms with Gasteiger partial charge in [-0.15, -0.1) is 0 Å². The van der Waals surface area contributed by atoms with E-state index in [-0.39, 0.29) is 5.04 Å². The molecule has 0 aliphatic carbocycles. The molecule has 90 valence electrons. The summed E-state index contributed by atoms with van der Waals surface area (Å²) in [6.07, 6.45) is 0. The SMILES string of the molecule is CC(C)(C)[Si](C)(C)Oc1cccc(N)c1Cl. The monoisotopic (exact) mass is 257 g/mol. The minimum absolute atomic E-state index is 0.154. The van der Waals surface area contributed by atoms with Crippen molar-refractivity contribution in [2.75, 3.05) is 5.73 Å². The van der Waals surface area contributed by atoms with Crippen LogP contribution in [0.1, 0.15) is 20.8 Å². The van der Waals surface area contributed by atoms with Crippen LogP contribution in [0.2, 0.25) is 23.2 Å². The van der Waals surface area contributed by atoms with Gasteiger partial charge in [-0.05, 0) is 30.3 Å². The highest BCUT2D eigenvalue weighted by atomic mass is 35.5. The first-order chi connectivity index (χ1) is 7.15. The highest BCUT2D eigenvalue weighted by Crippen LogP contribution is 2.40. The first-order valence-electron chi connectivity index (χ1n) is 5.38. The summed E-state index contributed by atoms with van der Waals surface area (Å²) in [6, 6.07) is 5.52. The van der Waals surface area contributed by atoms with Gasteiger partial charge in [-0.25, -0.2) is 0 Å². The van der Waals surface area contributed by atoms with Gasteiger partial charge in [0, 0.05) is 0 Å². The van der Waals surface area contributed by atoms with E-state index in [0.717, 1.165) is 0 Å². The summed E-state index contributed by atoms with van der Waals surface area (Å²) in [5.74, 6) is 0.702. The predicted octanol–water partition coefficient (Wildman–Crippen LogP) is 4.31. The van der Waals surface area contributed by atoms with E-state index in [2.05, 4.69) is 33.9 Å². The Balaban J connectivity index is 3.02. The molecule has 0 heterocycles. The standard InChI is InChI=1S/C12H20ClNOSi/c1-12(2,3)16(4,5)15-10-8-6-7-9(14)11(10)13/h6-8H,14H2,1-5H3. The summed E-state index contributed by atoms with van der Waals surface area (Å²) in [7, 11) is -1.84. The number of rotatable bonds is 2. The van der Waals surface area contributed by atoms with Gasteiger partial charge in [-0.3, -0.25) is 0 Å². The van der Waals surface area contributed by atoms with Crippen molar-refractivity contribution in [1.29, 1.82) is 0 Å². The molecule has 0 aromatic heterocycles. The molecule has 0 saturated carbocycles. The maximum Gasteiger partial charge on any atom is 0.250 e. The Morgan fingerprint density at radius 3 is 2.31 bits per heavy atom. The van der Waals surface area contributed by atoms with Crippen molar-refractivity contribution in [3.05, 3.63) is 23.2 Å². The molecule has 0 amide bonds. The minimum Gasteiger partial charge on any atom is -0.542 e. The zero-order valence-electron chi connectivity index (χ0n) is 10.6. The second-order valence-electron chi connectivity index (χ2n) is 5.52.